The van der Waals surface area contributed by atoms with Gasteiger partial charge in [-0.05, 0) is 43.3 Å². The molecule has 2 N–H and O–H groups in total. The van der Waals surface area contributed by atoms with Gasteiger partial charge in [0.15, 0.2) is 0 Å². The van der Waals surface area contributed by atoms with Gasteiger partial charge in [0.1, 0.15) is 0 Å². The highest BCUT2D eigenvalue weighted by Crippen LogP contribution is 2.10. The quantitative estimate of drug-likeness (QED) is 0.828. The summed E-state index contributed by atoms with van der Waals surface area (Å²) in [6.45, 7) is 1.83. The summed E-state index contributed by atoms with van der Waals surface area (Å²) < 4.78 is 0.879. The number of hydrogen-bond acceptors (Lipinski definition) is 3. The van der Waals surface area contributed by atoms with E-state index >= 15 is 0 Å². The minimum Gasteiger partial charge on any atom is -0.267 e. The topological polar surface area (TPSA) is 71.1 Å². The van der Waals surface area contributed by atoms with Crippen molar-refractivity contribution in [1.29, 1.82) is 0 Å². The van der Waals surface area contributed by atoms with Crippen LogP contribution in [0.25, 0.3) is 0 Å². The number of nitrogens with one attached hydrogen (secondary N) is 2. The summed E-state index contributed by atoms with van der Waals surface area (Å²) >= 11 is 3.28. The van der Waals surface area contributed by atoms with Crippen LogP contribution in [-0.4, -0.2) is 16.8 Å². The number of pyridine rings is 1. The Morgan fingerprint density at radius 1 is 0.950 bits per heavy atom. The third-order valence-electron chi connectivity index (χ3n) is 2.57. The Bertz CT molecular complexity index is 566. The SMILES string of the molecule is Cc1ccc(C(=O)NNC(=O)c2ccc(Br)cc2)cn1. The standard InChI is InChI=1S/C14H12BrN3O2/c1-9-2-3-11(8-16-9)14(20)18-17-13(19)10-4-6-12(15)7-5-10/h2-8H,1H3,(H,17,19)(H,18,20). The number of hydrogen-bond donors (Lipinski definition) is 2. The van der Waals surface area contributed by atoms with Crippen molar-refractivity contribution in [1.82, 2.24) is 15.8 Å². The van der Waals surface area contributed by atoms with Gasteiger partial charge in [0.2, 0.25) is 0 Å². The number of amides is 2. The summed E-state index contributed by atoms with van der Waals surface area (Å²) in [7, 11) is 0. The molecule has 102 valence electrons. The van der Waals surface area contributed by atoms with Gasteiger partial charge >= 0.3 is 0 Å². The first-order valence-electron chi connectivity index (χ1n) is 5.85. The molecule has 1 aromatic heterocycles. The van der Waals surface area contributed by atoms with E-state index in [1.807, 2.05) is 6.92 Å². The van der Waals surface area contributed by atoms with Gasteiger partial charge in [-0.1, -0.05) is 15.9 Å². The number of carbonyl (C=O) groups excluding carboxylic acids is 2. The number of carbonyl (C=O) groups is 2. The Balaban J connectivity index is 1.94. The van der Waals surface area contributed by atoms with Gasteiger partial charge in [0.25, 0.3) is 11.8 Å². The number of halogens is 1. The maximum absolute atomic E-state index is 11.8. The van der Waals surface area contributed by atoms with Crippen LogP contribution >= 0.6 is 15.9 Å². The molecule has 0 aliphatic heterocycles. The average molecular weight is 334 g/mol. The number of hydrazine groups is 1. The van der Waals surface area contributed by atoms with Crippen LogP contribution in [0.5, 0.6) is 0 Å². The number of aromatic nitrogens is 1. The molecular weight excluding hydrogens is 322 g/mol. The summed E-state index contributed by atoms with van der Waals surface area (Å²) in [4.78, 5) is 27.6. The molecule has 0 fully saturated rings. The van der Waals surface area contributed by atoms with Gasteiger partial charge in [-0.25, -0.2) is 0 Å². The Morgan fingerprint density at radius 2 is 1.50 bits per heavy atom. The predicted molar refractivity (Wildman–Crippen MR) is 78.0 cm³/mol. The first-order chi connectivity index (χ1) is 9.56. The minimum atomic E-state index is -0.414. The molecule has 20 heavy (non-hydrogen) atoms. The van der Waals surface area contributed by atoms with E-state index in [9.17, 15) is 9.59 Å². The molecule has 0 atom stereocenters. The molecule has 0 aliphatic carbocycles. The molecule has 0 bridgehead atoms. The van der Waals surface area contributed by atoms with Crippen LogP contribution in [0.3, 0.4) is 0 Å². The summed E-state index contributed by atoms with van der Waals surface area (Å²) in [6, 6.07) is 10.2. The van der Waals surface area contributed by atoms with Crippen LogP contribution in [0.4, 0.5) is 0 Å². The van der Waals surface area contributed by atoms with Gasteiger partial charge in [0, 0.05) is 21.9 Å². The van der Waals surface area contributed by atoms with Gasteiger partial charge in [-0.3, -0.25) is 25.4 Å². The van der Waals surface area contributed by atoms with E-state index in [4.69, 9.17) is 0 Å². The fourth-order valence-corrected chi connectivity index (χ4v) is 1.73. The van der Waals surface area contributed by atoms with E-state index < -0.39 is 5.91 Å². The lowest BCUT2D eigenvalue weighted by Gasteiger charge is -2.07. The van der Waals surface area contributed by atoms with E-state index in [0.717, 1.165) is 10.2 Å². The van der Waals surface area contributed by atoms with Crippen LogP contribution in [0, 0.1) is 6.92 Å². The van der Waals surface area contributed by atoms with Crippen molar-refractivity contribution in [2.24, 2.45) is 0 Å². The average Bonchev–Trinajstić information content (AvgIpc) is 2.46. The lowest BCUT2D eigenvalue weighted by Crippen LogP contribution is -2.41. The smallest absolute Gasteiger partial charge is 0.267 e. The Hall–Kier alpha value is -2.21. The number of aryl methyl sites for hydroxylation is 1. The number of rotatable bonds is 2. The van der Waals surface area contributed by atoms with Crippen molar-refractivity contribution in [3.8, 4) is 0 Å². The van der Waals surface area contributed by atoms with E-state index in [1.54, 1.807) is 36.4 Å². The highest BCUT2D eigenvalue weighted by molar-refractivity contribution is 9.10. The van der Waals surface area contributed by atoms with Crippen LogP contribution in [0.1, 0.15) is 26.4 Å². The molecule has 0 spiro atoms. The fourth-order valence-electron chi connectivity index (χ4n) is 1.46. The molecule has 1 heterocycles. The zero-order valence-electron chi connectivity index (χ0n) is 10.7. The highest BCUT2D eigenvalue weighted by atomic mass is 79.9. The summed E-state index contributed by atoms with van der Waals surface area (Å²) in [5.41, 5.74) is 6.35. The van der Waals surface area contributed by atoms with E-state index in [2.05, 4.69) is 31.8 Å². The van der Waals surface area contributed by atoms with Crippen molar-refractivity contribution in [2.45, 2.75) is 6.92 Å². The molecule has 5 nitrogen and oxygen atoms in total. The predicted octanol–water partition coefficient (Wildman–Crippen LogP) is 2.23. The molecular formula is C14H12BrN3O2. The monoisotopic (exact) mass is 333 g/mol. The normalized spacial score (nSPS) is 9.90. The van der Waals surface area contributed by atoms with Crippen LogP contribution in [0.15, 0.2) is 47.1 Å². The van der Waals surface area contributed by atoms with Crippen molar-refractivity contribution in [2.75, 3.05) is 0 Å². The first-order valence-corrected chi connectivity index (χ1v) is 6.64. The summed E-state index contributed by atoms with van der Waals surface area (Å²) in [5.74, 6) is -0.797. The molecule has 2 amide bonds. The second kappa shape index (κ2) is 6.29. The Kier molecular flexibility index (Phi) is 4.47. The lowest BCUT2D eigenvalue weighted by atomic mass is 10.2. The molecule has 1 aromatic carbocycles. The minimum absolute atomic E-state index is 0.381. The number of nitrogens with zero attached hydrogens (tertiary/aromatic N) is 1. The molecule has 2 rings (SSSR count). The van der Waals surface area contributed by atoms with Crippen molar-refractivity contribution < 1.29 is 9.59 Å². The molecule has 2 aromatic rings. The second-order valence-electron chi connectivity index (χ2n) is 4.10. The summed E-state index contributed by atoms with van der Waals surface area (Å²) in [6.07, 6.45) is 1.45. The fraction of sp³-hybridized carbons (Fsp3) is 0.0714. The van der Waals surface area contributed by atoms with E-state index in [1.165, 1.54) is 6.20 Å². The Morgan fingerprint density at radius 3 is 2.05 bits per heavy atom. The molecule has 0 radical (unpaired) electrons. The van der Waals surface area contributed by atoms with Crippen LogP contribution in [0.2, 0.25) is 0 Å². The zero-order valence-corrected chi connectivity index (χ0v) is 12.3. The molecule has 6 heteroatoms. The van der Waals surface area contributed by atoms with Crippen molar-refractivity contribution in [3.63, 3.8) is 0 Å². The second-order valence-corrected chi connectivity index (χ2v) is 5.02. The van der Waals surface area contributed by atoms with Crippen LogP contribution in [-0.2, 0) is 0 Å². The van der Waals surface area contributed by atoms with E-state index in [0.29, 0.717) is 11.1 Å². The third-order valence-corrected chi connectivity index (χ3v) is 3.10. The maximum atomic E-state index is 11.8. The molecule has 0 saturated heterocycles. The van der Waals surface area contributed by atoms with E-state index in [-0.39, 0.29) is 5.91 Å². The third kappa shape index (κ3) is 3.64. The zero-order chi connectivity index (χ0) is 14.5. The highest BCUT2D eigenvalue weighted by Gasteiger charge is 2.09. The summed E-state index contributed by atoms with van der Waals surface area (Å²) in [5, 5.41) is 0. The van der Waals surface area contributed by atoms with Crippen molar-refractivity contribution >= 4 is 27.7 Å². The first kappa shape index (κ1) is 14.2. The molecule has 0 aliphatic rings. The number of benzene rings is 1. The largest absolute Gasteiger partial charge is 0.271 e. The van der Waals surface area contributed by atoms with Crippen LogP contribution < -0.4 is 10.9 Å². The van der Waals surface area contributed by atoms with Crippen molar-refractivity contribution in [3.05, 3.63) is 63.9 Å². The molecule has 0 saturated carbocycles. The molecule has 0 unspecified atom stereocenters. The van der Waals surface area contributed by atoms with Gasteiger partial charge in [0.05, 0.1) is 5.56 Å². The maximum Gasteiger partial charge on any atom is 0.271 e. The lowest BCUT2D eigenvalue weighted by molar-refractivity contribution is 0.0846. The van der Waals surface area contributed by atoms with Gasteiger partial charge < -0.3 is 0 Å². The van der Waals surface area contributed by atoms with Gasteiger partial charge in [-0.15, -0.1) is 0 Å². The Labute approximate surface area is 124 Å². The van der Waals surface area contributed by atoms with Gasteiger partial charge in [-0.2, -0.15) is 0 Å².